The Morgan fingerprint density at radius 1 is 1.15 bits per heavy atom. The second-order valence-corrected chi connectivity index (χ2v) is 2.53. The fourth-order valence-corrected chi connectivity index (χ4v) is 0.792. The second kappa shape index (κ2) is 5.90. The molecule has 0 heterocycles. The van der Waals surface area contributed by atoms with Crippen LogP contribution in [0.4, 0.5) is 0 Å². The summed E-state index contributed by atoms with van der Waals surface area (Å²) in [6, 6.07) is 0. The maximum absolute atomic E-state index is 10.6. The van der Waals surface area contributed by atoms with Crippen LogP contribution in [0.25, 0.3) is 0 Å². The van der Waals surface area contributed by atoms with Crippen LogP contribution in [0.15, 0.2) is 0 Å². The lowest BCUT2D eigenvalue weighted by molar-refractivity contribution is -0.253. The summed E-state index contributed by atoms with van der Waals surface area (Å²) in [4.78, 5) is 10.6. The Bertz CT molecular complexity index is 153. The summed E-state index contributed by atoms with van der Waals surface area (Å²) < 4.78 is 19.8. The van der Waals surface area contributed by atoms with Gasteiger partial charge in [0.15, 0.2) is 0 Å². The SMILES string of the molecule is COCC(COC(C)=O)(OC)OC. The summed E-state index contributed by atoms with van der Waals surface area (Å²) in [6.07, 6.45) is 0. The zero-order valence-corrected chi connectivity index (χ0v) is 8.46. The summed E-state index contributed by atoms with van der Waals surface area (Å²) >= 11 is 0. The van der Waals surface area contributed by atoms with E-state index in [0.29, 0.717) is 0 Å². The zero-order valence-electron chi connectivity index (χ0n) is 8.46. The number of carbonyl (C=O) groups is 1. The highest BCUT2D eigenvalue weighted by atomic mass is 16.7. The van der Waals surface area contributed by atoms with Crippen LogP contribution in [0.1, 0.15) is 6.92 Å². The van der Waals surface area contributed by atoms with Crippen LogP contribution in [0.2, 0.25) is 0 Å². The summed E-state index contributed by atoms with van der Waals surface area (Å²) in [5, 5.41) is 0. The average Bonchev–Trinajstić information content (AvgIpc) is 2.12. The number of hydrogen-bond acceptors (Lipinski definition) is 5. The fourth-order valence-electron chi connectivity index (χ4n) is 0.792. The third-order valence-corrected chi connectivity index (χ3v) is 1.60. The van der Waals surface area contributed by atoms with Crippen LogP contribution in [0.5, 0.6) is 0 Å². The number of hydrogen-bond donors (Lipinski definition) is 0. The van der Waals surface area contributed by atoms with Crippen molar-refractivity contribution in [3.63, 3.8) is 0 Å². The highest BCUT2D eigenvalue weighted by Crippen LogP contribution is 2.12. The molecule has 0 aliphatic heterocycles. The van der Waals surface area contributed by atoms with Gasteiger partial charge in [-0.25, -0.2) is 0 Å². The molecule has 0 radical (unpaired) electrons. The van der Waals surface area contributed by atoms with E-state index in [2.05, 4.69) is 0 Å². The molecule has 0 aliphatic carbocycles. The smallest absolute Gasteiger partial charge is 0.302 e. The first kappa shape index (κ1) is 12.3. The molecule has 0 saturated carbocycles. The van der Waals surface area contributed by atoms with Gasteiger partial charge in [0.05, 0.1) is 0 Å². The first-order valence-corrected chi connectivity index (χ1v) is 3.83. The van der Waals surface area contributed by atoms with Crippen molar-refractivity contribution in [3.8, 4) is 0 Å². The molecular formula is C8H16O5. The minimum absolute atomic E-state index is 0.0170. The zero-order chi connectivity index (χ0) is 10.3. The van der Waals surface area contributed by atoms with Gasteiger partial charge in [-0.2, -0.15) is 0 Å². The maximum Gasteiger partial charge on any atom is 0.302 e. The number of carbonyl (C=O) groups excluding carboxylic acids is 1. The standard InChI is InChI=1S/C8H16O5/c1-7(9)13-6-8(11-3,12-4)5-10-2/h5-6H2,1-4H3. The third kappa shape index (κ3) is 4.21. The predicted octanol–water partition coefficient (Wildman–Crippen LogP) is 0.185. The molecule has 5 nitrogen and oxygen atoms in total. The third-order valence-electron chi connectivity index (χ3n) is 1.60. The Hall–Kier alpha value is -0.650. The molecule has 0 bridgehead atoms. The number of rotatable bonds is 6. The van der Waals surface area contributed by atoms with E-state index in [0.717, 1.165) is 0 Å². The van der Waals surface area contributed by atoms with Gasteiger partial charge in [-0.05, 0) is 0 Å². The highest BCUT2D eigenvalue weighted by molar-refractivity contribution is 5.65. The molecule has 0 atom stereocenters. The summed E-state index contributed by atoms with van der Waals surface area (Å²) in [7, 11) is 4.44. The molecule has 0 amide bonds. The van der Waals surface area contributed by atoms with Crippen molar-refractivity contribution in [3.05, 3.63) is 0 Å². The minimum atomic E-state index is -1.000. The van der Waals surface area contributed by atoms with E-state index in [1.807, 2.05) is 0 Å². The van der Waals surface area contributed by atoms with E-state index in [1.54, 1.807) is 0 Å². The molecule has 13 heavy (non-hydrogen) atoms. The van der Waals surface area contributed by atoms with Crippen molar-refractivity contribution < 1.29 is 23.7 Å². The Labute approximate surface area is 77.9 Å². The van der Waals surface area contributed by atoms with Gasteiger partial charge in [-0.15, -0.1) is 0 Å². The molecule has 0 aliphatic rings. The molecule has 0 aromatic heterocycles. The van der Waals surface area contributed by atoms with Gasteiger partial charge in [0.25, 0.3) is 0 Å². The van der Waals surface area contributed by atoms with E-state index >= 15 is 0 Å². The van der Waals surface area contributed by atoms with E-state index in [9.17, 15) is 4.79 Å². The Kier molecular flexibility index (Phi) is 5.61. The monoisotopic (exact) mass is 192 g/mol. The van der Waals surface area contributed by atoms with Gasteiger partial charge in [0.2, 0.25) is 5.79 Å². The Morgan fingerprint density at radius 3 is 2.00 bits per heavy atom. The maximum atomic E-state index is 10.6. The topological polar surface area (TPSA) is 54.0 Å². The second-order valence-electron chi connectivity index (χ2n) is 2.53. The molecule has 0 saturated heterocycles. The lowest BCUT2D eigenvalue weighted by Gasteiger charge is -2.28. The lowest BCUT2D eigenvalue weighted by Crippen LogP contribution is -2.43. The van der Waals surface area contributed by atoms with Crippen LogP contribution in [0, 0.1) is 0 Å². The Balaban J connectivity index is 4.12. The fraction of sp³-hybridized carbons (Fsp3) is 0.875. The summed E-state index contributed by atoms with van der Waals surface area (Å²) in [5.41, 5.74) is 0. The minimum Gasteiger partial charge on any atom is -0.460 e. The van der Waals surface area contributed by atoms with Gasteiger partial charge in [-0.3, -0.25) is 4.79 Å². The molecule has 0 unspecified atom stereocenters. The molecule has 0 rings (SSSR count). The van der Waals surface area contributed by atoms with Crippen molar-refractivity contribution >= 4 is 5.97 Å². The highest BCUT2D eigenvalue weighted by Gasteiger charge is 2.31. The van der Waals surface area contributed by atoms with Crippen LogP contribution in [0.3, 0.4) is 0 Å². The molecule has 78 valence electrons. The number of methoxy groups -OCH3 is 3. The molecule has 5 heteroatoms. The number of ether oxygens (including phenoxy) is 4. The molecule has 0 N–H and O–H groups in total. The molecule has 0 aromatic carbocycles. The first-order valence-electron chi connectivity index (χ1n) is 3.83. The van der Waals surface area contributed by atoms with Gasteiger partial charge in [-0.1, -0.05) is 0 Å². The van der Waals surface area contributed by atoms with Gasteiger partial charge >= 0.3 is 5.97 Å². The van der Waals surface area contributed by atoms with Crippen LogP contribution in [-0.2, 0) is 23.7 Å². The van der Waals surface area contributed by atoms with E-state index in [1.165, 1.54) is 28.3 Å². The lowest BCUT2D eigenvalue weighted by atomic mass is 10.3. The Morgan fingerprint density at radius 2 is 1.69 bits per heavy atom. The van der Waals surface area contributed by atoms with Crippen LogP contribution in [-0.4, -0.2) is 46.3 Å². The molecule has 0 spiro atoms. The van der Waals surface area contributed by atoms with Gasteiger partial charge in [0, 0.05) is 28.3 Å². The van der Waals surface area contributed by atoms with Gasteiger partial charge < -0.3 is 18.9 Å². The van der Waals surface area contributed by atoms with Crippen molar-refractivity contribution in [2.75, 3.05) is 34.5 Å². The average molecular weight is 192 g/mol. The van der Waals surface area contributed by atoms with Crippen molar-refractivity contribution in [2.24, 2.45) is 0 Å². The van der Waals surface area contributed by atoms with Crippen LogP contribution < -0.4 is 0 Å². The van der Waals surface area contributed by atoms with E-state index < -0.39 is 5.79 Å². The molecular weight excluding hydrogens is 176 g/mol. The largest absolute Gasteiger partial charge is 0.460 e. The van der Waals surface area contributed by atoms with Crippen LogP contribution >= 0.6 is 0 Å². The summed E-state index contributed by atoms with van der Waals surface area (Å²) in [6.45, 7) is 1.54. The summed E-state index contributed by atoms with van der Waals surface area (Å²) in [5.74, 6) is -1.38. The predicted molar refractivity (Wildman–Crippen MR) is 45.3 cm³/mol. The normalized spacial score (nSPS) is 11.4. The van der Waals surface area contributed by atoms with Crippen molar-refractivity contribution in [1.29, 1.82) is 0 Å². The van der Waals surface area contributed by atoms with Crippen molar-refractivity contribution in [2.45, 2.75) is 12.7 Å². The quantitative estimate of drug-likeness (QED) is 0.444. The first-order chi connectivity index (χ1) is 6.10. The van der Waals surface area contributed by atoms with Gasteiger partial charge in [0.1, 0.15) is 13.2 Å². The van der Waals surface area contributed by atoms with E-state index in [-0.39, 0.29) is 19.2 Å². The van der Waals surface area contributed by atoms with E-state index in [4.69, 9.17) is 18.9 Å². The number of esters is 1. The van der Waals surface area contributed by atoms with Crippen molar-refractivity contribution in [1.82, 2.24) is 0 Å². The molecule has 0 fully saturated rings. The molecule has 0 aromatic rings.